The SMILES string of the molecule is CC.CC(=O)c1ccccc1OC(=O)C1CCCN(C(=O)OC(C)(C)C)C1. The molecule has 1 aliphatic rings. The number of Topliss-reactive ketones (excluding diaryl/α,β-unsaturated/α-hetero) is 1. The van der Waals surface area contributed by atoms with Crippen LogP contribution >= 0.6 is 0 Å². The average molecular weight is 377 g/mol. The highest BCUT2D eigenvalue weighted by Crippen LogP contribution is 2.24. The molecule has 0 bridgehead atoms. The number of ketones is 1. The van der Waals surface area contributed by atoms with Crippen molar-refractivity contribution in [1.82, 2.24) is 4.90 Å². The highest BCUT2D eigenvalue weighted by atomic mass is 16.6. The highest BCUT2D eigenvalue weighted by Gasteiger charge is 2.32. The zero-order chi connectivity index (χ0) is 20.6. The van der Waals surface area contributed by atoms with Gasteiger partial charge in [0.05, 0.1) is 11.5 Å². The summed E-state index contributed by atoms with van der Waals surface area (Å²) in [7, 11) is 0. The Bertz CT molecular complexity index is 663. The molecule has 150 valence electrons. The highest BCUT2D eigenvalue weighted by molar-refractivity contribution is 5.97. The van der Waals surface area contributed by atoms with Crippen molar-refractivity contribution in [3.8, 4) is 5.75 Å². The Balaban J connectivity index is 0.00000176. The van der Waals surface area contributed by atoms with Crippen LogP contribution in [0.5, 0.6) is 5.75 Å². The number of rotatable bonds is 3. The smallest absolute Gasteiger partial charge is 0.410 e. The second kappa shape index (κ2) is 10.1. The summed E-state index contributed by atoms with van der Waals surface area (Å²) in [6.45, 7) is 11.7. The van der Waals surface area contributed by atoms with E-state index in [4.69, 9.17) is 9.47 Å². The van der Waals surface area contributed by atoms with E-state index in [1.54, 1.807) is 45.0 Å². The Hall–Kier alpha value is -2.37. The number of benzene rings is 1. The van der Waals surface area contributed by atoms with E-state index in [0.29, 0.717) is 24.9 Å². The lowest BCUT2D eigenvalue weighted by atomic mass is 9.98. The van der Waals surface area contributed by atoms with Gasteiger partial charge in [-0.05, 0) is 52.7 Å². The van der Waals surface area contributed by atoms with Crippen molar-refractivity contribution in [3.63, 3.8) is 0 Å². The molecule has 6 heteroatoms. The molecular weight excluding hydrogens is 346 g/mol. The van der Waals surface area contributed by atoms with Crippen molar-refractivity contribution in [3.05, 3.63) is 29.8 Å². The molecule has 0 radical (unpaired) electrons. The van der Waals surface area contributed by atoms with Gasteiger partial charge in [-0.1, -0.05) is 26.0 Å². The molecule has 1 aromatic carbocycles. The first-order chi connectivity index (χ1) is 12.7. The minimum atomic E-state index is -0.578. The van der Waals surface area contributed by atoms with E-state index in [1.807, 2.05) is 13.8 Å². The van der Waals surface area contributed by atoms with E-state index in [9.17, 15) is 14.4 Å². The van der Waals surface area contributed by atoms with Crippen molar-refractivity contribution < 1.29 is 23.9 Å². The molecule has 1 saturated heterocycles. The van der Waals surface area contributed by atoms with Gasteiger partial charge in [0.1, 0.15) is 11.4 Å². The van der Waals surface area contributed by atoms with Crippen molar-refractivity contribution >= 4 is 17.8 Å². The van der Waals surface area contributed by atoms with Crippen LogP contribution in [0.1, 0.15) is 64.7 Å². The minimum Gasteiger partial charge on any atom is -0.444 e. The fourth-order valence-corrected chi connectivity index (χ4v) is 2.70. The summed E-state index contributed by atoms with van der Waals surface area (Å²) >= 11 is 0. The molecule has 1 atom stereocenters. The molecule has 0 aliphatic carbocycles. The first-order valence-electron chi connectivity index (χ1n) is 9.47. The molecule has 1 fully saturated rings. The molecule has 6 nitrogen and oxygen atoms in total. The topological polar surface area (TPSA) is 72.9 Å². The average Bonchev–Trinajstić information content (AvgIpc) is 2.62. The quantitative estimate of drug-likeness (QED) is 0.441. The number of amides is 1. The molecule has 0 saturated carbocycles. The number of nitrogens with zero attached hydrogens (tertiary/aromatic N) is 1. The summed E-state index contributed by atoms with van der Waals surface area (Å²) < 4.78 is 10.8. The Morgan fingerprint density at radius 2 is 1.74 bits per heavy atom. The summed E-state index contributed by atoms with van der Waals surface area (Å²) in [5, 5.41) is 0. The van der Waals surface area contributed by atoms with Crippen molar-refractivity contribution in [2.45, 2.75) is 60.0 Å². The van der Waals surface area contributed by atoms with Crippen LogP contribution in [0, 0.1) is 5.92 Å². The van der Waals surface area contributed by atoms with Gasteiger partial charge in [0.15, 0.2) is 5.78 Å². The molecule has 0 spiro atoms. The van der Waals surface area contributed by atoms with Crippen LogP contribution < -0.4 is 4.74 Å². The van der Waals surface area contributed by atoms with E-state index in [1.165, 1.54) is 11.8 Å². The van der Waals surface area contributed by atoms with Gasteiger partial charge in [-0.2, -0.15) is 0 Å². The molecule has 1 aliphatic heterocycles. The van der Waals surface area contributed by atoms with E-state index in [-0.39, 0.29) is 18.1 Å². The number of carbonyl (C=O) groups is 3. The predicted octanol–water partition coefficient (Wildman–Crippen LogP) is 4.47. The molecule has 1 unspecified atom stereocenters. The molecule has 0 N–H and O–H groups in total. The van der Waals surface area contributed by atoms with Crippen LogP contribution in [0.4, 0.5) is 4.79 Å². The number of likely N-dealkylation sites (tertiary alicyclic amines) is 1. The normalized spacial score (nSPS) is 16.7. The number of hydrogen-bond acceptors (Lipinski definition) is 5. The number of esters is 1. The van der Waals surface area contributed by atoms with Gasteiger partial charge in [-0.25, -0.2) is 4.79 Å². The van der Waals surface area contributed by atoms with Crippen LogP contribution in [0.25, 0.3) is 0 Å². The van der Waals surface area contributed by atoms with Gasteiger partial charge >= 0.3 is 12.1 Å². The van der Waals surface area contributed by atoms with Gasteiger partial charge in [0.2, 0.25) is 0 Å². The maximum atomic E-state index is 12.5. The zero-order valence-electron chi connectivity index (χ0n) is 17.2. The van der Waals surface area contributed by atoms with Crippen LogP contribution in [0.15, 0.2) is 24.3 Å². The lowest BCUT2D eigenvalue weighted by Gasteiger charge is -2.33. The lowest BCUT2D eigenvalue weighted by Crippen LogP contribution is -2.45. The third-order valence-corrected chi connectivity index (χ3v) is 3.88. The van der Waals surface area contributed by atoms with E-state index in [0.717, 1.165) is 0 Å². The Labute approximate surface area is 161 Å². The number of ether oxygens (including phenoxy) is 2. The summed E-state index contributed by atoms with van der Waals surface area (Å²) in [6.07, 6.45) is 0.919. The molecule has 0 aromatic heterocycles. The number of hydrogen-bond donors (Lipinski definition) is 0. The molecule has 1 amide bonds. The minimum absolute atomic E-state index is 0.164. The Morgan fingerprint density at radius 3 is 2.33 bits per heavy atom. The number of para-hydroxylation sites is 1. The van der Waals surface area contributed by atoms with Crippen LogP contribution in [-0.2, 0) is 9.53 Å². The summed E-state index contributed by atoms with van der Waals surface area (Å²) in [6, 6.07) is 6.66. The van der Waals surface area contributed by atoms with Crippen LogP contribution in [0.3, 0.4) is 0 Å². The predicted molar refractivity (Wildman–Crippen MR) is 104 cm³/mol. The first-order valence-corrected chi connectivity index (χ1v) is 9.47. The zero-order valence-corrected chi connectivity index (χ0v) is 17.2. The summed E-state index contributed by atoms with van der Waals surface area (Å²) in [5.41, 5.74) is -0.207. The standard InChI is InChI=1S/C19H25NO5.C2H6/c1-13(21)15-9-5-6-10-16(15)24-17(22)14-8-7-11-20(12-14)18(23)25-19(2,3)4;1-2/h5-6,9-10,14H,7-8,11-12H2,1-4H3;1-2H3. The Morgan fingerprint density at radius 1 is 1.11 bits per heavy atom. The van der Waals surface area contributed by atoms with Crippen LogP contribution in [0.2, 0.25) is 0 Å². The molecule has 2 rings (SSSR count). The second-order valence-corrected chi connectivity index (χ2v) is 7.24. The van der Waals surface area contributed by atoms with E-state index in [2.05, 4.69) is 0 Å². The maximum absolute atomic E-state index is 12.5. The van der Waals surface area contributed by atoms with Crippen molar-refractivity contribution in [2.24, 2.45) is 5.92 Å². The molecular formula is C21H31NO5. The lowest BCUT2D eigenvalue weighted by molar-refractivity contribution is -0.140. The summed E-state index contributed by atoms with van der Waals surface area (Å²) in [5.74, 6) is -0.764. The molecule has 1 aromatic rings. The molecule has 1 heterocycles. The van der Waals surface area contributed by atoms with E-state index >= 15 is 0 Å². The second-order valence-electron chi connectivity index (χ2n) is 7.24. The van der Waals surface area contributed by atoms with Crippen molar-refractivity contribution in [2.75, 3.05) is 13.1 Å². The van der Waals surface area contributed by atoms with Gasteiger partial charge < -0.3 is 14.4 Å². The van der Waals surface area contributed by atoms with Crippen LogP contribution in [-0.4, -0.2) is 41.4 Å². The fourth-order valence-electron chi connectivity index (χ4n) is 2.70. The fraction of sp³-hybridized carbons (Fsp3) is 0.571. The van der Waals surface area contributed by atoms with Crippen molar-refractivity contribution in [1.29, 1.82) is 0 Å². The van der Waals surface area contributed by atoms with Gasteiger partial charge in [0.25, 0.3) is 0 Å². The van der Waals surface area contributed by atoms with Gasteiger partial charge in [-0.3, -0.25) is 9.59 Å². The van der Waals surface area contributed by atoms with Gasteiger partial charge in [-0.15, -0.1) is 0 Å². The monoisotopic (exact) mass is 377 g/mol. The number of piperidine rings is 1. The maximum Gasteiger partial charge on any atom is 0.410 e. The first kappa shape index (κ1) is 22.7. The summed E-state index contributed by atoms with van der Waals surface area (Å²) in [4.78, 5) is 37.9. The van der Waals surface area contributed by atoms with Gasteiger partial charge in [0, 0.05) is 13.1 Å². The Kier molecular flexibility index (Phi) is 8.47. The molecule has 27 heavy (non-hydrogen) atoms. The third kappa shape index (κ3) is 7.04. The largest absolute Gasteiger partial charge is 0.444 e. The number of carbonyl (C=O) groups excluding carboxylic acids is 3. The third-order valence-electron chi connectivity index (χ3n) is 3.88. The van der Waals surface area contributed by atoms with E-state index < -0.39 is 23.6 Å².